The number of rotatable bonds is 0. The first-order chi connectivity index (χ1) is 6.43. The van der Waals surface area contributed by atoms with Crippen molar-refractivity contribution in [3.63, 3.8) is 0 Å². The molecule has 1 aliphatic carbocycles. The Morgan fingerprint density at radius 1 is 1.46 bits per heavy atom. The van der Waals surface area contributed by atoms with E-state index >= 15 is 0 Å². The SMILES string of the molecule is [CH]1CC2Cc3ncccc3C=C2O1. The van der Waals surface area contributed by atoms with Crippen molar-refractivity contribution in [2.24, 2.45) is 5.92 Å². The molecule has 0 spiro atoms. The number of aromatic nitrogens is 1. The molecular formula is C11H10NO. The Kier molecular flexibility index (Phi) is 1.42. The number of fused-ring (bicyclic) bond motifs is 2. The maximum absolute atomic E-state index is 5.42. The van der Waals surface area contributed by atoms with Crippen molar-refractivity contribution in [1.29, 1.82) is 0 Å². The lowest BCUT2D eigenvalue weighted by atomic mass is 9.91. The molecule has 2 heteroatoms. The average molecular weight is 172 g/mol. The fourth-order valence-electron chi connectivity index (χ4n) is 1.95. The van der Waals surface area contributed by atoms with Gasteiger partial charge in [0.1, 0.15) is 12.4 Å². The highest BCUT2D eigenvalue weighted by atomic mass is 16.5. The first-order valence-corrected chi connectivity index (χ1v) is 4.57. The Balaban J connectivity index is 2.10. The molecule has 1 aromatic heterocycles. The monoisotopic (exact) mass is 172 g/mol. The zero-order chi connectivity index (χ0) is 8.67. The molecule has 1 fully saturated rings. The number of allylic oxidation sites excluding steroid dienone is 1. The summed E-state index contributed by atoms with van der Waals surface area (Å²) in [5, 5.41) is 0. The molecular weight excluding hydrogens is 162 g/mol. The van der Waals surface area contributed by atoms with Crippen LogP contribution in [0.3, 0.4) is 0 Å². The van der Waals surface area contributed by atoms with Crippen LogP contribution >= 0.6 is 0 Å². The topological polar surface area (TPSA) is 22.1 Å². The molecule has 1 aliphatic heterocycles. The molecule has 0 amide bonds. The van der Waals surface area contributed by atoms with Crippen LogP contribution in [0.25, 0.3) is 6.08 Å². The van der Waals surface area contributed by atoms with Crippen LogP contribution in [-0.2, 0) is 11.2 Å². The summed E-state index contributed by atoms with van der Waals surface area (Å²) in [6.07, 6.45) is 6.03. The van der Waals surface area contributed by atoms with Crippen LogP contribution in [0.4, 0.5) is 0 Å². The summed E-state index contributed by atoms with van der Waals surface area (Å²) >= 11 is 0. The minimum atomic E-state index is 0.544. The van der Waals surface area contributed by atoms with Crippen molar-refractivity contribution in [2.45, 2.75) is 12.8 Å². The van der Waals surface area contributed by atoms with Gasteiger partial charge >= 0.3 is 0 Å². The van der Waals surface area contributed by atoms with E-state index in [0.29, 0.717) is 5.92 Å². The molecule has 2 nitrogen and oxygen atoms in total. The van der Waals surface area contributed by atoms with Gasteiger partial charge in [-0.05, 0) is 24.1 Å². The van der Waals surface area contributed by atoms with Gasteiger partial charge in [-0.1, -0.05) is 6.07 Å². The summed E-state index contributed by atoms with van der Waals surface area (Å²) in [6, 6.07) is 4.06. The van der Waals surface area contributed by atoms with Crippen LogP contribution in [0.15, 0.2) is 24.1 Å². The highest BCUT2D eigenvalue weighted by molar-refractivity contribution is 5.57. The smallest absolute Gasteiger partial charge is 0.136 e. The Hall–Kier alpha value is -1.31. The largest absolute Gasteiger partial charge is 0.491 e. The van der Waals surface area contributed by atoms with Gasteiger partial charge in [0, 0.05) is 24.2 Å². The van der Waals surface area contributed by atoms with Crippen molar-refractivity contribution in [1.82, 2.24) is 4.98 Å². The highest BCUT2D eigenvalue weighted by Crippen LogP contribution is 2.36. The quantitative estimate of drug-likeness (QED) is 0.598. The molecule has 1 aromatic rings. The second kappa shape index (κ2) is 2.59. The lowest BCUT2D eigenvalue weighted by molar-refractivity contribution is 0.321. The van der Waals surface area contributed by atoms with Crippen molar-refractivity contribution in [2.75, 3.05) is 0 Å². The van der Waals surface area contributed by atoms with Crippen molar-refractivity contribution in [3.8, 4) is 0 Å². The van der Waals surface area contributed by atoms with E-state index in [2.05, 4.69) is 17.1 Å². The Morgan fingerprint density at radius 3 is 3.46 bits per heavy atom. The van der Waals surface area contributed by atoms with Gasteiger partial charge in [0.05, 0.1) is 0 Å². The molecule has 13 heavy (non-hydrogen) atoms. The van der Waals surface area contributed by atoms with E-state index in [1.165, 1.54) is 11.3 Å². The summed E-state index contributed by atoms with van der Waals surface area (Å²) in [7, 11) is 0. The molecule has 1 saturated heterocycles. The highest BCUT2D eigenvalue weighted by Gasteiger charge is 2.28. The Labute approximate surface area is 77.3 Å². The Morgan fingerprint density at radius 2 is 2.46 bits per heavy atom. The zero-order valence-corrected chi connectivity index (χ0v) is 7.23. The summed E-state index contributed by atoms with van der Waals surface area (Å²) in [5.74, 6) is 1.66. The molecule has 1 atom stereocenters. The van der Waals surface area contributed by atoms with Gasteiger partial charge in [0.25, 0.3) is 0 Å². The Bertz CT molecular complexity index is 370. The summed E-state index contributed by atoms with van der Waals surface area (Å²) in [5.41, 5.74) is 2.42. The van der Waals surface area contributed by atoms with Gasteiger partial charge in [-0.15, -0.1) is 0 Å². The molecule has 2 aliphatic rings. The molecule has 1 unspecified atom stereocenters. The van der Waals surface area contributed by atoms with E-state index in [-0.39, 0.29) is 0 Å². The molecule has 0 bridgehead atoms. The fourth-order valence-corrected chi connectivity index (χ4v) is 1.95. The van der Waals surface area contributed by atoms with E-state index in [0.717, 1.165) is 18.6 Å². The lowest BCUT2D eigenvalue weighted by Gasteiger charge is -2.16. The van der Waals surface area contributed by atoms with Gasteiger partial charge in [-0.2, -0.15) is 0 Å². The number of hydrogen-bond donors (Lipinski definition) is 0. The van der Waals surface area contributed by atoms with Crippen LogP contribution < -0.4 is 0 Å². The zero-order valence-electron chi connectivity index (χ0n) is 7.23. The average Bonchev–Trinajstić information content (AvgIpc) is 2.61. The molecule has 65 valence electrons. The predicted molar refractivity (Wildman–Crippen MR) is 49.4 cm³/mol. The molecule has 0 aromatic carbocycles. The summed E-state index contributed by atoms with van der Waals surface area (Å²) < 4.78 is 5.42. The summed E-state index contributed by atoms with van der Waals surface area (Å²) in [4.78, 5) is 4.37. The maximum Gasteiger partial charge on any atom is 0.136 e. The second-order valence-corrected chi connectivity index (χ2v) is 3.51. The minimum absolute atomic E-state index is 0.544. The van der Waals surface area contributed by atoms with E-state index < -0.39 is 0 Å². The van der Waals surface area contributed by atoms with Crippen molar-refractivity contribution >= 4 is 6.08 Å². The molecule has 2 heterocycles. The molecule has 3 rings (SSSR count). The number of hydrogen-bond acceptors (Lipinski definition) is 2. The van der Waals surface area contributed by atoms with E-state index in [9.17, 15) is 0 Å². The van der Waals surface area contributed by atoms with Crippen LogP contribution in [-0.4, -0.2) is 4.98 Å². The van der Waals surface area contributed by atoms with Crippen molar-refractivity contribution in [3.05, 3.63) is 42.0 Å². The first-order valence-electron chi connectivity index (χ1n) is 4.57. The van der Waals surface area contributed by atoms with Gasteiger partial charge in [0.2, 0.25) is 0 Å². The first kappa shape index (κ1) is 7.13. The third kappa shape index (κ3) is 1.05. The van der Waals surface area contributed by atoms with Gasteiger partial charge in [0.15, 0.2) is 0 Å². The molecule has 0 N–H and O–H groups in total. The molecule has 1 radical (unpaired) electrons. The van der Waals surface area contributed by atoms with Crippen LogP contribution in [0.2, 0.25) is 0 Å². The normalized spacial score (nSPS) is 24.3. The number of ether oxygens (including phenoxy) is 1. The van der Waals surface area contributed by atoms with Crippen LogP contribution in [0.1, 0.15) is 17.7 Å². The number of pyridine rings is 1. The van der Waals surface area contributed by atoms with Crippen LogP contribution in [0.5, 0.6) is 0 Å². The standard InChI is InChI=1S/C11H10NO/c1-2-8-7-11-9(3-5-13-11)6-10(8)12-4-1/h1-2,4-5,7,9H,3,6H2. The second-order valence-electron chi connectivity index (χ2n) is 3.51. The third-order valence-corrected chi connectivity index (χ3v) is 2.67. The van der Waals surface area contributed by atoms with Gasteiger partial charge in [-0.25, -0.2) is 0 Å². The van der Waals surface area contributed by atoms with Crippen molar-refractivity contribution < 1.29 is 4.74 Å². The fraction of sp³-hybridized carbons (Fsp3) is 0.273. The third-order valence-electron chi connectivity index (χ3n) is 2.67. The molecule has 0 saturated carbocycles. The summed E-state index contributed by atoms with van der Waals surface area (Å²) in [6.45, 7) is 1.89. The van der Waals surface area contributed by atoms with Gasteiger partial charge < -0.3 is 4.74 Å². The van der Waals surface area contributed by atoms with E-state index in [1.54, 1.807) is 0 Å². The minimum Gasteiger partial charge on any atom is -0.491 e. The van der Waals surface area contributed by atoms with Crippen LogP contribution in [0, 0.1) is 12.5 Å². The van der Waals surface area contributed by atoms with E-state index in [1.807, 2.05) is 18.9 Å². The lowest BCUT2D eigenvalue weighted by Crippen LogP contribution is -2.09. The number of nitrogens with zero attached hydrogens (tertiary/aromatic N) is 1. The van der Waals surface area contributed by atoms with E-state index in [4.69, 9.17) is 4.74 Å². The van der Waals surface area contributed by atoms with Gasteiger partial charge in [-0.3, -0.25) is 4.98 Å². The predicted octanol–water partition coefficient (Wildman–Crippen LogP) is 2.18. The maximum atomic E-state index is 5.42.